The molecule has 1 atom stereocenters. The van der Waals surface area contributed by atoms with Crippen molar-refractivity contribution in [1.82, 2.24) is 14.3 Å². The number of likely N-dealkylation sites (tertiary alicyclic amines) is 1. The second-order valence-corrected chi connectivity index (χ2v) is 6.72. The van der Waals surface area contributed by atoms with Crippen molar-refractivity contribution < 1.29 is 0 Å². The molecule has 0 spiro atoms. The van der Waals surface area contributed by atoms with Crippen LogP contribution in [0.25, 0.3) is 5.65 Å². The molecule has 0 amide bonds. The number of imidazole rings is 1. The zero-order valence-electron chi connectivity index (χ0n) is 11.1. The van der Waals surface area contributed by atoms with Crippen LogP contribution in [-0.2, 0) is 6.54 Å². The van der Waals surface area contributed by atoms with E-state index in [-0.39, 0.29) is 5.41 Å². The van der Waals surface area contributed by atoms with Gasteiger partial charge in [0.25, 0.3) is 0 Å². The van der Waals surface area contributed by atoms with Gasteiger partial charge in [-0.15, -0.1) is 0 Å². The number of hydrogen-bond donors (Lipinski definition) is 1. The Labute approximate surface area is 121 Å². The van der Waals surface area contributed by atoms with E-state index in [0.29, 0.717) is 0 Å². The minimum atomic E-state index is 0.279. The van der Waals surface area contributed by atoms with E-state index in [0.717, 1.165) is 36.3 Å². The van der Waals surface area contributed by atoms with E-state index in [1.807, 2.05) is 18.3 Å². The van der Waals surface area contributed by atoms with E-state index in [4.69, 9.17) is 5.73 Å². The number of aromatic nitrogens is 2. The topological polar surface area (TPSA) is 46.6 Å². The highest BCUT2D eigenvalue weighted by atomic mass is 79.9. The van der Waals surface area contributed by atoms with Crippen molar-refractivity contribution in [3.63, 3.8) is 0 Å². The van der Waals surface area contributed by atoms with Crippen LogP contribution in [0.5, 0.6) is 0 Å². The molecule has 5 heteroatoms. The fourth-order valence-corrected chi connectivity index (χ4v) is 3.12. The molecule has 19 heavy (non-hydrogen) atoms. The van der Waals surface area contributed by atoms with Crippen LogP contribution >= 0.6 is 15.9 Å². The number of nitrogens with zero attached hydrogens (tertiary/aromatic N) is 3. The van der Waals surface area contributed by atoms with Gasteiger partial charge in [0.05, 0.1) is 11.9 Å². The first-order chi connectivity index (χ1) is 9.09. The number of pyridine rings is 1. The minimum Gasteiger partial charge on any atom is -0.330 e. The van der Waals surface area contributed by atoms with E-state index in [1.54, 1.807) is 0 Å². The van der Waals surface area contributed by atoms with Gasteiger partial charge in [-0.3, -0.25) is 4.90 Å². The molecule has 2 aromatic heterocycles. The predicted octanol–water partition coefficient (Wildman–Crippen LogP) is 2.27. The van der Waals surface area contributed by atoms with E-state index in [2.05, 4.69) is 43.3 Å². The highest BCUT2D eigenvalue weighted by Gasteiger charge is 2.32. The molecule has 4 nitrogen and oxygen atoms in total. The van der Waals surface area contributed by atoms with E-state index in [9.17, 15) is 0 Å². The quantitative estimate of drug-likeness (QED) is 0.942. The molecule has 0 aliphatic carbocycles. The Morgan fingerprint density at radius 1 is 1.47 bits per heavy atom. The first kappa shape index (κ1) is 13.1. The second kappa shape index (κ2) is 4.89. The second-order valence-electron chi connectivity index (χ2n) is 5.80. The third-order valence-electron chi connectivity index (χ3n) is 4.06. The molecule has 3 rings (SSSR count). The van der Waals surface area contributed by atoms with Gasteiger partial charge in [0.2, 0.25) is 0 Å². The molecular formula is C14H19BrN4. The lowest BCUT2D eigenvalue weighted by molar-refractivity contribution is 0.271. The molecule has 1 aliphatic rings. The number of fused-ring (bicyclic) bond motifs is 1. The average Bonchev–Trinajstić information content (AvgIpc) is 2.96. The Bertz CT molecular complexity index is 594. The molecule has 2 N–H and O–H groups in total. The number of hydrogen-bond acceptors (Lipinski definition) is 3. The van der Waals surface area contributed by atoms with Crippen molar-refractivity contribution in [2.45, 2.75) is 19.9 Å². The Hall–Kier alpha value is -0.910. The summed E-state index contributed by atoms with van der Waals surface area (Å²) < 4.78 is 3.23. The summed E-state index contributed by atoms with van der Waals surface area (Å²) in [6.07, 6.45) is 5.24. The fourth-order valence-electron chi connectivity index (χ4n) is 2.78. The van der Waals surface area contributed by atoms with Gasteiger partial charge in [0.15, 0.2) is 0 Å². The van der Waals surface area contributed by atoms with Gasteiger partial charge in [-0.2, -0.15) is 0 Å². The Balaban J connectivity index is 1.81. The summed E-state index contributed by atoms with van der Waals surface area (Å²) in [5, 5.41) is 0. The standard InChI is InChI=1S/C14H19BrN4/c1-14(9-16)4-5-18(10-14)8-12-6-17-13-3-2-11(15)7-19(12)13/h2-3,6-7H,4-5,8-10,16H2,1H3. The Kier molecular flexibility index (Phi) is 3.37. The van der Waals surface area contributed by atoms with Crippen molar-refractivity contribution in [3.05, 3.63) is 34.7 Å². The zero-order chi connectivity index (χ0) is 13.5. The van der Waals surface area contributed by atoms with Crippen LogP contribution in [0.1, 0.15) is 19.0 Å². The van der Waals surface area contributed by atoms with Gasteiger partial charge in [-0.1, -0.05) is 6.92 Å². The largest absolute Gasteiger partial charge is 0.330 e. The first-order valence-electron chi connectivity index (χ1n) is 6.64. The van der Waals surface area contributed by atoms with Gasteiger partial charge >= 0.3 is 0 Å². The average molecular weight is 323 g/mol. The van der Waals surface area contributed by atoms with Crippen LogP contribution < -0.4 is 5.73 Å². The monoisotopic (exact) mass is 322 g/mol. The summed E-state index contributed by atoms with van der Waals surface area (Å²) in [4.78, 5) is 6.92. The first-order valence-corrected chi connectivity index (χ1v) is 7.43. The Morgan fingerprint density at radius 3 is 3.05 bits per heavy atom. The maximum atomic E-state index is 5.86. The van der Waals surface area contributed by atoms with Crippen molar-refractivity contribution in [2.24, 2.45) is 11.1 Å². The van der Waals surface area contributed by atoms with Crippen molar-refractivity contribution in [2.75, 3.05) is 19.6 Å². The van der Waals surface area contributed by atoms with Crippen molar-refractivity contribution >= 4 is 21.6 Å². The lowest BCUT2D eigenvalue weighted by atomic mass is 9.90. The number of nitrogens with two attached hydrogens (primary N) is 1. The third-order valence-corrected chi connectivity index (χ3v) is 4.53. The van der Waals surface area contributed by atoms with Crippen LogP contribution in [0.4, 0.5) is 0 Å². The molecular weight excluding hydrogens is 304 g/mol. The predicted molar refractivity (Wildman–Crippen MR) is 79.9 cm³/mol. The summed E-state index contributed by atoms with van der Waals surface area (Å²) >= 11 is 3.51. The van der Waals surface area contributed by atoms with Gasteiger partial charge < -0.3 is 10.1 Å². The molecule has 0 radical (unpaired) electrons. The summed E-state index contributed by atoms with van der Waals surface area (Å²) in [6, 6.07) is 4.05. The normalized spacial score (nSPS) is 24.4. The van der Waals surface area contributed by atoms with Gasteiger partial charge in [0.1, 0.15) is 5.65 Å². The van der Waals surface area contributed by atoms with Crippen LogP contribution in [-0.4, -0.2) is 33.9 Å². The number of halogens is 1. The third kappa shape index (κ3) is 2.55. The maximum absolute atomic E-state index is 5.86. The lowest BCUT2D eigenvalue weighted by Gasteiger charge is -2.22. The smallest absolute Gasteiger partial charge is 0.136 e. The minimum absolute atomic E-state index is 0.279. The van der Waals surface area contributed by atoms with Gasteiger partial charge in [0, 0.05) is 23.8 Å². The van der Waals surface area contributed by atoms with Crippen LogP contribution in [0.15, 0.2) is 29.0 Å². The molecule has 1 saturated heterocycles. The number of rotatable bonds is 3. The van der Waals surface area contributed by atoms with Gasteiger partial charge in [-0.05, 0) is 53.0 Å². The molecule has 0 bridgehead atoms. The van der Waals surface area contributed by atoms with Gasteiger partial charge in [-0.25, -0.2) is 4.98 Å². The summed E-state index contributed by atoms with van der Waals surface area (Å²) in [5.74, 6) is 0. The lowest BCUT2D eigenvalue weighted by Crippen LogP contribution is -2.31. The SMILES string of the molecule is CC1(CN)CCN(Cc2cnc3ccc(Br)cn23)C1. The molecule has 3 heterocycles. The zero-order valence-corrected chi connectivity index (χ0v) is 12.7. The van der Waals surface area contributed by atoms with Crippen molar-refractivity contribution in [1.29, 1.82) is 0 Å². The van der Waals surface area contributed by atoms with E-state index < -0.39 is 0 Å². The highest BCUT2D eigenvalue weighted by Crippen LogP contribution is 2.29. The summed E-state index contributed by atoms with van der Waals surface area (Å²) in [5.41, 5.74) is 8.38. The van der Waals surface area contributed by atoms with Crippen LogP contribution in [0.2, 0.25) is 0 Å². The maximum Gasteiger partial charge on any atom is 0.136 e. The Morgan fingerprint density at radius 2 is 2.32 bits per heavy atom. The van der Waals surface area contributed by atoms with Crippen molar-refractivity contribution in [3.8, 4) is 0 Å². The highest BCUT2D eigenvalue weighted by molar-refractivity contribution is 9.10. The van der Waals surface area contributed by atoms with Crippen LogP contribution in [0.3, 0.4) is 0 Å². The van der Waals surface area contributed by atoms with Crippen LogP contribution in [0, 0.1) is 5.41 Å². The summed E-state index contributed by atoms with van der Waals surface area (Å²) in [7, 11) is 0. The van der Waals surface area contributed by atoms with E-state index >= 15 is 0 Å². The molecule has 0 saturated carbocycles. The summed E-state index contributed by atoms with van der Waals surface area (Å²) in [6.45, 7) is 6.17. The molecule has 0 aromatic carbocycles. The molecule has 102 valence electrons. The molecule has 1 unspecified atom stereocenters. The molecule has 1 fully saturated rings. The molecule has 2 aromatic rings. The fraction of sp³-hybridized carbons (Fsp3) is 0.500. The molecule has 1 aliphatic heterocycles. The van der Waals surface area contributed by atoms with E-state index in [1.165, 1.54) is 12.1 Å².